The molecule has 0 aliphatic rings. The molecule has 3 aromatic carbocycles. The topological polar surface area (TPSA) is 20.2 Å². The average molecular weight is 429 g/mol. The van der Waals surface area contributed by atoms with Gasteiger partial charge in [0.25, 0.3) is 0 Å². The molecular formula is C31H40O. The van der Waals surface area contributed by atoms with Gasteiger partial charge in [-0.25, -0.2) is 0 Å². The van der Waals surface area contributed by atoms with Crippen molar-refractivity contribution in [3.05, 3.63) is 106 Å². The first kappa shape index (κ1) is 24.3. The van der Waals surface area contributed by atoms with E-state index in [9.17, 15) is 5.11 Å². The molecule has 0 saturated carbocycles. The molecule has 0 aliphatic carbocycles. The summed E-state index contributed by atoms with van der Waals surface area (Å²) in [6, 6.07) is 25.6. The Morgan fingerprint density at radius 2 is 0.688 bits per heavy atom. The highest BCUT2D eigenvalue weighted by Gasteiger charge is 2.33. The second kappa shape index (κ2) is 10.5. The molecule has 1 nitrogen and oxygen atoms in total. The van der Waals surface area contributed by atoms with Crippen LogP contribution in [0.25, 0.3) is 0 Å². The first-order chi connectivity index (χ1) is 15.2. The Bertz CT molecular complexity index is 831. The fraction of sp³-hybridized carbons (Fsp3) is 0.419. The van der Waals surface area contributed by atoms with Crippen molar-refractivity contribution < 1.29 is 5.11 Å². The van der Waals surface area contributed by atoms with Crippen LogP contribution in [0.15, 0.2) is 72.8 Å². The van der Waals surface area contributed by atoms with E-state index in [0.717, 1.165) is 36.0 Å². The molecule has 32 heavy (non-hydrogen) atoms. The normalized spacial score (nSPS) is 12.2. The summed E-state index contributed by atoms with van der Waals surface area (Å²) in [5.41, 5.74) is 5.50. The van der Waals surface area contributed by atoms with Gasteiger partial charge >= 0.3 is 0 Å². The monoisotopic (exact) mass is 428 g/mol. The summed E-state index contributed by atoms with van der Waals surface area (Å²) in [7, 11) is 0. The second-order valence-corrected chi connectivity index (χ2v) is 10.6. The molecular weight excluding hydrogens is 388 g/mol. The van der Waals surface area contributed by atoms with Crippen LogP contribution in [0.5, 0.6) is 0 Å². The number of hydrogen-bond acceptors (Lipinski definition) is 1. The van der Waals surface area contributed by atoms with E-state index in [1.165, 1.54) is 16.7 Å². The van der Waals surface area contributed by atoms with E-state index in [1.807, 2.05) is 0 Å². The zero-order chi connectivity index (χ0) is 23.3. The number of rotatable bonds is 9. The van der Waals surface area contributed by atoms with Crippen LogP contribution >= 0.6 is 0 Å². The Balaban J connectivity index is 2.04. The van der Waals surface area contributed by atoms with Crippen molar-refractivity contribution in [1.82, 2.24) is 0 Å². The molecule has 3 aromatic rings. The fourth-order valence-electron chi connectivity index (χ4n) is 4.56. The summed E-state index contributed by atoms with van der Waals surface area (Å²) in [6.45, 7) is 13.4. The van der Waals surface area contributed by atoms with Crippen LogP contribution in [0, 0.1) is 17.8 Å². The predicted molar refractivity (Wildman–Crippen MR) is 137 cm³/mol. The summed E-state index contributed by atoms with van der Waals surface area (Å²) in [5.74, 6) is 1.84. The van der Waals surface area contributed by atoms with Gasteiger partial charge in [-0.15, -0.1) is 0 Å². The van der Waals surface area contributed by atoms with Gasteiger partial charge in [0.15, 0.2) is 0 Å². The van der Waals surface area contributed by atoms with Crippen LogP contribution in [-0.2, 0) is 24.9 Å². The minimum Gasteiger partial charge on any atom is -0.376 e. The van der Waals surface area contributed by atoms with Crippen molar-refractivity contribution in [2.24, 2.45) is 17.8 Å². The summed E-state index contributed by atoms with van der Waals surface area (Å²) in [5, 5.41) is 12.2. The molecule has 0 fully saturated rings. The molecule has 1 heteroatoms. The lowest BCUT2D eigenvalue weighted by Gasteiger charge is -2.31. The van der Waals surface area contributed by atoms with Crippen LogP contribution in [0.3, 0.4) is 0 Å². The van der Waals surface area contributed by atoms with Crippen molar-refractivity contribution >= 4 is 0 Å². The van der Waals surface area contributed by atoms with Crippen molar-refractivity contribution in [3.8, 4) is 0 Å². The molecule has 0 aliphatic heterocycles. The third-order valence-electron chi connectivity index (χ3n) is 6.05. The lowest BCUT2D eigenvalue weighted by Crippen LogP contribution is -2.29. The van der Waals surface area contributed by atoms with Crippen molar-refractivity contribution in [2.45, 2.75) is 66.4 Å². The molecule has 0 heterocycles. The van der Waals surface area contributed by atoms with Crippen molar-refractivity contribution in [2.75, 3.05) is 0 Å². The third kappa shape index (κ3) is 5.90. The molecule has 3 rings (SSSR count). The Hall–Kier alpha value is -2.38. The van der Waals surface area contributed by atoms with E-state index in [2.05, 4.69) is 114 Å². The van der Waals surface area contributed by atoms with Gasteiger partial charge in [-0.1, -0.05) is 114 Å². The van der Waals surface area contributed by atoms with E-state index in [4.69, 9.17) is 0 Å². The van der Waals surface area contributed by atoms with E-state index < -0.39 is 5.60 Å². The largest absolute Gasteiger partial charge is 0.376 e. The number of hydrogen-bond donors (Lipinski definition) is 1. The SMILES string of the molecule is CC(C)Cc1ccc(C(O)(c2ccc(CC(C)C)cc2)c2ccc(CC(C)C)cc2)cc1. The van der Waals surface area contributed by atoms with Gasteiger partial charge in [-0.05, 0) is 70.4 Å². The van der Waals surface area contributed by atoms with Gasteiger partial charge in [-0.3, -0.25) is 0 Å². The maximum atomic E-state index is 12.2. The molecule has 0 atom stereocenters. The number of aliphatic hydroxyl groups is 1. The molecule has 0 bridgehead atoms. The van der Waals surface area contributed by atoms with Crippen LogP contribution in [0.4, 0.5) is 0 Å². The molecule has 0 amide bonds. The fourth-order valence-corrected chi connectivity index (χ4v) is 4.56. The summed E-state index contributed by atoms with van der Waals surface area (Å²) in [6.07, 6.45) is 3.14. The van der Waals surface area contributed by atoms with Crippen LogP contribution in [-0.4, -0.2) is 5.11 Å². The van der Waals surface area contributed by atoms with E-state index in [0.29, 0.717) is 17.8 Å². The molecule has 0 aromatic heterocycles. The summed E-state index contributed by atoms with van der Waals surface area (Å²) >= 11 is 0. The first-order valence-electron chi connectivity index (χ1n) is 12.2. The third-order valence-corrected chi connectivity index (χ3v) is 6.05. The van der Waals surface area contributed by atoms with Crippen LogP contribution < -0.4 is 0 Å². The maximum absolute atomic E-state index is 12.2. The van der Waals surface area contributed by atoms with Gasteiger partial charge < -0.3 is 5.11 Å². The summed E-state index contributed by atoms with van der Waals surface area (Å²) < 4.78 is 0. The zero-order valence-corrected chi connectivity index (χ0v) is 20.7. The Labute approximate surface area is 195 Å². The van der Waals surface area contributed by atoms with Crippen molar-refractivity contribution in [3.63, 3.8) is 0 Å². The van der Waals surface area contributed by atoms with Gasteiger partial charge in [0, 0.05) is 0 Å². The lowest BCUT2D eigenvalue weighted by atomic mass is 9.79. The standard InChI is InChI=1S/C31H40O/c1-22(2)19-25-7-13-28(14-8-25)31(32,29-15-9-26(10-16-29)20-23(3)4)30-17-11-27(12-18-30)21-24(5)6/h7-18,22-24,32H,19-21H2,1-6H3. The smallest absolute Gasteiger partial charge is 0.140 e. The molecule has 1 N–H and O–H groups in total. The van der Waals surface area contributed by atoms with E-state index in [-0.39, 0.29) is 0 Å². The highest BCUT2D eigenvalue weighted by Crippen LogP contribution is 2.37. The Kier molecular flexibility index (Phi) is 7.96. The minimum absolute atomic E-state index is 0.613. The van der Waals surface area contributed by atoms with Gasteiger partial charge in [-0.2, -0.15) is 0 Å². The van der Waals surface area contributed by atoms with Gasteiger partial charge in [0.2, 0.25) is 0 Å². The van der Waals surface area contributed by atoms with E-state index in [1.54, 1.807) is 0 Å². The molecule has 0 spiro atoms. The van der Waals surface area contributed by atoms with Crippen LogP contribution in [0.2, 0.25) is 0 Å². The zero-order valence-electron chi connectivity index (χ0n) is 20.7. The van der Waals surface area contributed by atoms with Gasteiger partial charge in [0.1, 0.15) is 5.60 Å². The molecule has 170 valence electrons. The quantitative estimate of drug-likeness (QED) is 0.349. The lowest BCUT2D eigenvalue weighted by molar-refractivity contribution is 0.125. The average Bonchev–Trinajstić information content (AvgIpc) is 2.73. The molecule has 0 unspecified atom stereocenters. The predicted octanol–water partition coefficient (Wildman–Crippen LogP) is 7.57. The minimum atomic E-state index is -1.18. The van der Waals surface area contributed by atoms with E-state index >= 15 is 0 Å². The van der Waals surface area contributed by atoms with Gasteiger partial charge in [0.05, 0.1) is 0 Å². The number of benzene rings is 3. The second-order valence-electron chi connectivity index (χ2n) is 10.6. The maximum Gasteiger partial charge on any atom is 0.140 e. The highest BCUT2D eigenvalue weighted by molar-refractivity contribution is 5.48. The van der Waals surface area contributed by atoms with Crippen LogP contribution in [0.1, 0.15) is 74.9 Å². The first-order valence-corrected chi connectivity index (χ1v) is 12.2. The van der Waals surface area contributed by atoms with Crippen molar-refractivity contribution in [1.29, 1.82) is 0 Å². The molecule has 0 saturated heterocycles. The Morgan fingerprint density at radius 3 is 0.875 bits per heavy atom. The Morgan fingerprint density at radius 1 is 0.469 bits per heavy atom. The molecule has 0 radical (unpaired) electrons. The summed E-state index contributed by atoms with van der Waals surface area (Å²) in [4.78, 5) is 0. The highest BCUT2D eigenvalue weighted by atomic mass is 16.3.